The van der Waals surface area contributed by atoms with E-state index in [2.05, 4.69) is 5.16 Å². The number of hydrogen-bond acceptors (Lipinski definition) is 2. The zero-order chi connectivity index (χ0) is 10.4. The van der Waals surface area contributed by atoms with Crippen molar-refractivity contribution in [3.05, 3.63) is 42.0 Å². The summed E-state index contributed by atoms with van der Waals surface area (Å²) in [6, 6.07) is 9.94. The first-order chi connectivity index (χ1) is 6.74. The molecule has 0 aliphatic carbocycles. The highest BCUT2D eigenvalue weighted by molar-refractivity contribution is 5.99. The van der Waals surface area contributed by atoms with Gasteiger partial charge in [0, 0.05) is 0 Å². The van der Waals surface area contributed by atoms with Crippen molar-refractivity contribution in [1.29, 1.82) is 0 Å². The van der Waals surface area contributed by atoms with Crippen LogP contribution in [0.2, 0.25) is 0 Å². The normalized spacial score (nSPS) is 12.6. The molecule has 0 atom stereocenters. The van der Waals surface area contributed by atoms with E-state index < -0.39 is 0 Å². The lowest BCUT2D eigenvalue weighted by molar-refractivity contribution is 0.316. The largest absolute Gasteiger partial charge is 0.411 e. The molecule has 14 heavy (non-hydrogen) atoms. The molecule has 0 unspecified atom stereocenters. The Morgan fingerprint density at radius 2 is 1.93 bits per heavy atom. The Hall–Kier alpha value is -1.57. The van der Waals surface area contributed by atoms with Gasteiger partial charge in [-0.1, -0.05) is 55.4 Å². The van der Waals surface area contributed by atoms with Crippen LogP contribution >= 0.6 is 0 Å². The number of nitrogens with zero attached hydrogens (tertiary/aromatic N) is 1. The van der Waals surface area contributed by atoms with Crippen molar-refractivity contribution in [2.24, 2.45) is 11.1 Å². The van der Waals surface area contributed by atoms with Gasteiger partial charge < -0.3 is 5.21 Å². The molecule has 1 N–H and O–H groups in total. The minimum Gasteiger partial charge on any atom is -0.411 e. The lowest BCUT2D eigenvalue weighted by atomic mass is 10.1. The van der Waals surface area contributed by atoms with E-state index in [-0.39, 0.29) is 5.92 Å². The molecule has 0 amide bonds. The third kappa shape index (κ3) is 3.05. The van der Waals surface area contributed by atoms with Crippen LogP contribution in [0.1, 0.15) is 19.4 Å². The molecule has 0 aliphatic rings. The van der Waals surface area contributed by atoms with Crippen molar-refractivity contribution in [3.63, 3.8) is 0 Å². The molecular weight excluding hydrogens is 174 g/mol. The van der Waals surface area contributed by atoms with E-state index >= 15 is 0 Å². The van der Waals surface area contributed by atoms with Crippen LogP contribution in [0.5, 0.6) is 0 Å². The fraction of sp³-hybridized carbons (Fsp3) is 0.250. The van der Waals surface area contributed by atoms with Crippen molar-refractivity contribution in [2.45, 2.75) is 13.8 Å². The van der Waals surface area contributed by atoms with Crippen molar-refractivity contribution in [3.8, 4) is 0 Å². The molecule has 74 valence electrons. The number of oxime groups is 1. The summed E-state index contributed by atoms with van der Waals surface area (Å²) >= 11 is 0. The number of allylic oxidation sites excluding steroid dienone is 1. The maximum absolute atomic E-state index is 8.71. The van der Waals surface area contributed by atoms with E-state index in [9.17, 15) is 0 Å². The second-order valence-corrected chi connectivity index (χ2v) is 3.42. The third-order valence-electron chi connectivity index (χ3n) is 1.95. The zero-order valence-corrected chi connectivity index (χ0v) is 8.51. The summed E-state index contributed by atoms with van der Waals surface area (Å²) in [4.78, 5) is 0. The number of hydrogen-bond donors (Lipinski definition) is 1. The summed E-state index contributed by atoms with van der Waals surface area (Å²) in [6.07, 6.45) is 3.77. The molecule has 0 spiro atoms. The van der Waals surface area contributed by atoms with Crippen LogP contribution in [0.15, 0.2) is 41.6 Å². The molecule has 2 heteroatoms. The Bertz CT molecular complexity index is 325. The highest BCUT2D eigenvalue weighted by atomic mass is 16.4. The maximum atomic E-state index is 8.71. The van der Waals surface area contributed by atoms with E-state index in [0.717, 1.165) is 5.56 Å². The fourth-order valence-corrected chi connectivity index (χ4v) is 1.09. The van der Waals surface area contributed by atoms with Crippen molar-refractivity contribution in [1.82, 2.24) is 0 Å². The van der Waals surface area contributed by atoms with Crippen molar-refractivity contribution < 1.29 is 5.21 Å². The highest BCUT2D eigenvalue weighted by Gasteiger charge is 2.00. The quantitative estimate of drug-likeness (QED) is 0.442. The fourth-order valence-electron chi connectivity index (χ4n) is 1.09. The number of benzene rings is 1. The van der Waals surface area contributed by atoms with Crippen molar-refractivity contribution >= 4 is 11.8 Å². The van der Waals surface area contributed by atoms with E-state index in [1.54, 1.807) is 0 Å². The van der Waals surface area contributed by atoms with Gasteiger partial charge in [-0.05, 0) is 17.6 Å². The molecule has 0 aromatic heterocycles. The Morgan fingerprint density at radius 3 is 2.43 bits per heavy atom. The van der Waals surface area contributed by atoms with Gasteiger partial charge in [0.15, 0.2) is 0 Å². The molecule has 1 rings (SSSR count). The minimum atomic E-state index is 0.236. The van der Waals surface area contributed by atoms with Gasteiger partial charge in [-0.25, -0.2) is 0 Å². The Kier molecular flexibility index (Phi) is 3.92. The van der Waals surface area contributed by atoms with E-state index in [4.69, 9.17) is 5.21 Å². The summed E-state index contributed by atoms with van der Waals surface area (Å²) < 4.78 is 0. The van der Waals surface area contributed by atoms with Gasteiger partial charge in [-0.2, -0.15) is 0 Å². The van der Waals surface area contributed by atoms with Crippen LogP contribution < -0.4 is 0 Å². The molecule has 0 saturated heterocycles. The summed E-state index contributed by atoms with van der Waals surface area (Å²) in [5.41, 5.74) is 1.79. The lowest BCUT2D eigenvalue weighted by Crippen LogP contribution is -2.02. The Morgan fingerprint density at radius 1 is 1.29 bits per heavy atom. The zero-order valence-electron chi connectivity index (χ0n) is 8.51. The summed E-state index contributed by atoms with van der Waals surface area (Å²) in [6.45, 7) is 3.98. The van der Waals surface area contributed by atoms with Gasteiger partial charge in [0.2, 0.25) is 0 Å². The first-order valence-electron chi connectivity index (χ1n) is 4.69. The predicted octanol–water partition coefficient (Wildman–Crippen LogP) is 3.19. The Balaban J connectivity index is 2.73. The van der Waals surface area contributed by atoms with Crippen LogP contribution in [0.4, 0.5) is 0 Å². The lowest BCUT2D eigenvalue weighted by Gasteiger charge is -2.01. The molecule has 0 aliphatic heterocycles. The molecule has 1 aromatic carbocycles. The smallest absolute Gasteiger partial charge is 0.0821 e. The van der Waals surface area contributed by atoms with Gasteiger partial charge in [0.05, 0.1) is 5.71 Å². The van der Waals surface area contributed by atoms with E-state index in [1.807, 2.05) is 56.3 Å². The summed E-state index contributed by atoms with van der Waals surface area (Å²) in [5, 5.41) is 11.9. The Labute approximate surface area is 84.6 Å². The molecule has 0 heterocycles. The van der Waals surface area contributed by atoms with Crippen LogP contribution in [0, 0.1) is 5.92 Å². The summed E-state index contributed by atoms with van der Waals surface area (Å²) in [5.74, 6) is 0.236. The monoisotopic (exact) mass is 189 g/mol. The minimum absolute atomic E-state index is 0.236. The van der Waals surface area contributed by atoms with Gasteiger partial charge in [-0.15, -0.1) is 0 Å². The first-order valence-corrected chi connectivity index (χ1v) is 4.69. The topological polar surface area (TPSA) is 32.6 Å². The molecule has 0 bridgehead atoms. The van der Waals surface area contributed by atoms with Crippen molar-refractivity contribution in [2.75, 3.05) is 0 Å². The second-order valence-electron chi connectivity index (χ2n) is 3.42. The van der Waals surface area contributed by atoms with Crippen LogP contribution in [0.3, 0.4) is 0 Å². The maximum Gasteiger partial charge on any atom is 0.0821 e. The number of rotatable bonds is 3. The third-order valence-corrected chi connectivity index (χ3v) is 1.95. The average Bonchev–Trinajstić information content (AvgIpc) is 2.20. The average molecular weight is 189 g/mol. The van der Waals surface area contributed by atoms with Gasteiger partial charge >= 0.3 is 0 Å². The van der Waals surface area contributed by atoms with Crippen LogP contribution in [-0.2, 0) is 0 Å². The van der Waals surface area contributed by atoms with Crippen LogP contribution in [-0.4, -0.2) is 10.9 Å². The van der Waals surface area contributed by atoms with E-state index in [1.165, 1.54) is 0 Å². The van der Waals surface area contributed by atoms with Gasteiger partial charge in [-0.3, -0.25) is 0 Å². The van der Waals surface area contributed by atoms with Crippen LogP contribution in [0.25, 0.3) is 6.08 Å². The molecule has 1 aromatic rings. The van der Waals surface area contributed by atoms with Gasteiger partial charge in [0.25, 0.3) is 0 Å². The first kappa shape index (κ1) is 10.5. The van der Waals surface area contributed by atoms with Gasteiger partial charge in [0.1, 0.15) is 0 Å². The van der Waals surface area contributed by atoms with E-state index in [0.29, 0.717) is 5.71 Å². The highest BCUT2D eigenvalue weighted by Crippen LogP contribution is 2.04. The molecule has 0 radical (unpaired) electrons. The summed E-state index contributed by atoms with van der Waals surface area (Å²) in [7, 11) is 0. The SMILES string of the molecule is CC(C)C(/C=C/c1ccccc1)=NO. The molecular formula is C12H15NO. The second kappa shape index (κ2) is 5.22. The predicted molar refractivity (Wildman–Crippen MR) is 59.5 cm³/mol. The molecule has 0 saturated carbocycles. The molecule has 0 fully saturated rings. The standard InChI is InChI=1S/C12H15NO/c1-10(2)12(13-14)9-8-11-6-4-3-5-7-11/h3-10,14H,1-2H3/b9-8+,13-12?. The molecule has 2 nitrogen and oxygen atoms in total.